The van der Waals surface area contributed by atoms with E-state index in [4.69, 9.17) is 5.84 Å². The van der Waals surface area contributed by atoms with Gasteiger partial charge in [0.1, 0.15) is 0 Å². The second-order valence-electron chi connectivity index (χ2n) is 8.30. The normalized spacial score (nSPS) is 14.8. The topological polar surface area (TPSA) is 62.1 Å². The second-order valence-corrected chi connectivity index (χ2v) is 8.30. The molecule has 0 spiro atoms. The number of hydrogen-bond acceptors (Lipinski definition) is 4. The minimum Gasteiger partial charge on any atom is -0.390 e. The molecule has 0 amide bonds. The molecule has 2 atom stereocenters. The van der Waals surface area contributed by atoms with E-state index in [1.807, 2.05) is 13.0 Å². The number of allylic oxidation sites excluding steroid dienone is 8. The number of halogens is 2. The summed E-state index contributed by atoms with van der Waals surface area (Å²) in [7, 11) is 0. The third-order valence-corrected chi connectivity index (χ3v) is 5.05. The Morgan fingerprint density at radius 1 is 1.06 bits per heavy atom. The Morgan fingerprint density at radius 3 is 2.29 bits per heavy atom. The van der Waals surface area contributed by atoms with Crippen LogP contribution in [-0.4, -0.2) is 25.2 Å². The largest absolute Gasteiger partial charge is 0.390 e. The molecular weight excluding hydrogens is 430 g/mol. The molecule has 0 aliphatic carbocycles. The number of hydrogen-bond donors (Lipinski definition) is 4. The van der Waals surface area contributed by atoms with Crippen molar-refractivity contribution < 1.29 is 8.78 Å². The van der Waals surface area contributed by atoms with Crippen LogP contribution in [0.15, 0.2) is 91.2 Å². The van der Waals surface area contributed by atoms with E-state index in [0.29, 0.717) is 31.5 Å². The van der Waals surface area contributed by atoms with Gasteiger partial charge < -0.3 is 10.6 Å². The summed E-state index contributed by atoms with van der Waals surface area (Å²) >= 11 is 0. The van der Waals surface area contributed by atoms with Crippen LogP contribution in [-0.2, 0) is 6.42 Å². The van der Waals surface area contributed by atoms with Crippen LogP contribution in [0.3, 0.4) is 0 Å². The lowest BCUT2D eigenvalue weighted by Crippen LogP contribution is -2.41. The van der Waals surface area contributed by atoms with Crippen LogP contribution in [0.4, 0.5) is 8.78 Å². The SMILES string of the molecule is C=CNCC(C)NC(C)Cc1ccc(/C(=C/C(=C)C\C=C/C(F)=C(F)\C=C\CC)CNN)cc1. The summed E-state index contributed by atoms with van der Waals surface area (Å²) < 4.78 is 27.3. The third-order valence-electron chi connectivity index (χ3n) is 5.05. The van der Waals surface area contributed by atoms with Gasteiger partial charge in [-0.15, -0.1) is 0 Å². The Bertz CT molecular complexity index is 882. The van der Waals surface area contributed by atoms with Crippen LogP contribution in [0, 0.1) is 0 Å². The number of rotatable bonds is 16. The molecule has 1 aromatic carbocycles. The molecule has 0 fully saturated rings. The lowest BCUT2D eigenvalue weighted by molar-refractivity contribution is 0.456. The molecule has 34 heavy (non-hydrogen) atoms. The molecule has 1 aromatic rings. The number of nitrogens with one attached hydrogen (secondary N) is 3. The van der Waals surface area contributed by atoms with Gasteiger partial charge in [0.15, 0.2) is 11.7 Å². The highest BCUT2D eigenvalue weighted by Gasteiger charge is 2.09. The predicted molar refractivity (Wildman–Crippen MR) is 142 cm³/mol. The van der Waals surface area contributed by atoms with Gasteiger partial charge in [0.25, 0.3) is 0 Å². The Kier molecular flexibility index (Phi) is 14.4. The van der Waals surface area contributed by atoms with Gasteiger partial charge in [0.05, 0.1) is 0 Å². The Balaban J connectivity index is 2.78. The smallest absolute Gasteiger partial charge is 0.158 e. The van der Waals surface area contributed by atoms with Crippen molar-refractivity contribution in [3.63, 3.8) is 0 Å². The minimum atomic E-state index is -0.893. The highest BCUT2D eigenvalue weighted by Crippen LogP contribution is 2.19. The van der Waals surface area contributed by atoms with Crippen molar-refractivity contribution in [3.05, 3.63) is 102 Å². The first kappa shape index (κ1) is 29.2. The number of benzene rings is 1. The third kappa shape index (κ3) is 11.9. The molecule has 6 heteroatoms. The van der Waals surface area contributed by atoms with E-state index in [2.05, 4.69) is 67.3 Å². The molecule has 0 heterocycles. The van der Waals surface area contributed by atoms with Crippen molar-refractivity contribution in [2.45, 2.75) is 52.1 Å². The second kappa shape index (κ2) is 16.8. The fourth-order valence-corrected chi connectivity index (χ4v) is 3.42. The number of hydrazine groups is 1. The van der Waals surface area contributed by atoms with Crippen molar-refractivity contribution in [1.82, 2.24) is 16.1 Å². The zero-order valence-corrected chi connectivity index (χ0v) is 20.7. The molecule has 0 bridgehead atoms. The maximum Gasteiger partial charge on any atom is 0.158 e. The van der Waals surface area contributed by atoms with Crippen LogP contribution in [0.25, 0.3) is 5.57 Å². The summed E-state index contributed by atoms with van der Waals surface area (Å²) in [6.45, 7) is 15.2. The van der Waals surface area contributed by atoms with Crippen molar-refractivity contribution in [3.8, 4) is 0 Å². The maximum absolute atomic E-state index is 13.8. The van der Waals surface area contributed by atoms with Gasteiger partial charge in [-0.05, 0) is 68.2 Å². The first-order chi connectivity index (χ1) is 16.3. The Morgan fingerprint density at radius 2 is 1.71 bits per heavy atom. The van der Waals surface area contributed by atoms with Gasteiger partial charge in [0, 0.05) is 25.2 Å². The van der Waals surface area contributed by atoms with Gasteiger partial charge >= 0.3 is 0 Å². The highest BCUT2D eigenvalue weighted by atomic mass is 19.2. The molecule has 5 N–H and O–H groups in total. The fraction of sp³-hybridized carbons (Fsp3) is 0.357. The predicted octanol–water partition coefficient (Wildman–Crippen LogP) is 5.79. The van der Waals surface area contributed by atoms with Gasteiger partial charge in [-0.2, -0.15) is 0 Å². The molecule has 186 valence electrons. The first-order valence-corrected chi connectivity index (χ1v) is 11.7. The lowest BCUT2D eigenvalue weighted by Gasteiger charge is -2.20. The summed E-state index contributed by atoms with van der Waals surface area (Å²) in [5, 5.41) is 6.69. The van der Waals surface area contributed by atoms with E-state index in [9.17, 15) is 8.78 Å². The standard InChI is InChI=1S/C28H40F2N4/c1-6-8-11-27(29)28(30)12-9-10-21(3)17-26(20-33-31)25-15-13-24(14-16-25)18-22(4)34-23(5)19-32-7-2/h7-9,11-17,22-23,32-34H,2-3,6,10,18-20,31H2,1,4-5H3/b11-8+,12-9-,26-17+,28-27-. The summed E-state index contributed by atoms with van der Waals surface area (Å²) in [6.07, 6.45) is 11.0. The maximum atomic E-state index is 13.8. The number of nitrogens with two attached hydrogens (primary N) is 1. The first-order valence-electron chi connectivity index (χ1n) is 11.7. The van der Waals surface area contributed by atoms with E-state index >= 15 is 0 Å². The van der Waals surface area contributed by atoms with E-state index < -0.39 is 11.7 Å². The Hall–Kier alpha value is -2.80. The molecule has 0 aliphatic heterocycles. The average Bonchev–Trinajstić information content (AvgIpc) is 2.81. The highest BCUT2D eigenvalue weighted by molar-refractivity contribution is 5.69. The Labute approximate surface area is 204 Å². The van der Waals surface area contributed by atoms with Crippen molar-refractivity contribution in [1.29, 1.82) is 0 Å². The van der Waals surface area contributed by atoms with E-state index in [1.165, 1.54) is 5.56 Å². The van der Waals surface area contributed by atoms with Crippen molar-refractivity contribution >= 4 is 5.57 Å². The average molecular weight is 471 g/mol. The summed E-state index contributed by atoms with van der Waals surface area (Å²) in [4.78, 5) is 0. The fourth-order valence-electron chi connectivity index (χ4n) is 3.42. The molecule has 0 aliphatic rings. The summed E-state index contributed by atoms with van der Waals surface area (Å²) in [5.41, 5.74) is 6.68. The van der Waals surface area contributed by atoms with Gasteiger partial charge in [0.2, 0.25) is 0 Å². The van der Waals surface area contributed by atoms with Crippen molar-refractivity contribution in [2.75, 3.05) is 13.1 Å². The van der Waals surface area contributed by atoms with E-state index in [1.54, 1.807) is 18.4 Å². The molecule has 0 saturated carbocycles. The van der Waals surface area contributed by atoms with Crippen LogP contribution >= 0.6 is 0 Å². The van der Waals surface area contributed by atoms with Crippen LogP contribution in [0.5, 0.6) is 0 Å². The van der Waals surface area contributed by atoms with Crippen LogP contribution in [0.1, 0.15) is 44.7 Å². The zero-order chi connectivity index (χ0) is 25.3. The quantitative estimate of drug-likeness (QED) is 0.140. The van der Waals surface area contributed by atoms with E-state index in [0.717, 1.165) is 41.8 Å². The lowest BCUT2D eigenvalue weighted by atomic mass is 9.99. The molecular formula is C28H40F2N4. The summed E-state index contributed by atoms with van der Waals surface area (Å²) in [5.74, 6) is 3.81. The molecule has 0 radical (unpaired) electrons. The summed E-state index contributed by atoms with van der Waals surface area (Å²) in [6, 6.07) is 9.02. The molecule has 0 saturated heterocycles. The van der Waals surface area contributed by atoms with E-state index in [-0.39, 0.29) is 0 Å². The van der Waals surface area contributed by atoms with Gasteiger partial charge in [-0.25, -0.2) is 8.78 Å². The molecule has 0 aromatic heterocycles. The van der Waals surface area contributed by atoms with Crippen LogP contribution in [0.2, 0.25) is 0 Å². The van der Waals surface area contributed by atoms with Gasteiger partial charge in [-0.1, -0.05) is 68.1 Å². The van der Waals surface area contributed by atoms with Crippen LogP contribution < -0.4 is 21.9 Å². The molecule has 1 rings (SSSR count). The zero-order valence-electron chi connectivity index (χ0n) is 20.7. The molecule has 4 nitrogen and oxygen atoms in total. The van der Waals surface area contributed by atoms with Gasteiger partial charge in [-0.3, -0.25) is 11.3 Å². The minimum absolute atomic E-state index is 0.330. The molecule has 2 unspecified atom stereocenters. The monoisotopic (exact) mass is 470 g/mol. The van der Waals surface area contributed by atoms with Crippen molar-refractivity contribution in [2.24, 2.45) is 5.84 Å².